The molecule has 0 saturated carbocycles. The van der Waals surface area contributed by atoms with Gasteiger partial charge in [-0.1, -0.05) is 50.2 Å². The predicted octanol–water partition coefficient (Wildman–Crippen LogP) is 3.57. The van der Waals surface area contributed by atoms with Gasteiger partial charge in [0.2, 0.25) is 11.8 Å². The summed E-state index contributed by atoms with van der Waals surface area (Å²) in [6.45, 7) is 3.63. The van der Waals surface area contributed by atoms with Crippen LogP contribution in [-0.2, 0) is 28.7 Å². The molecule has 2 aromatic carbocycles. The van der Waals surface area contributed by atoms with Gasteiger partial charge >= 0.3 is 18.0 Å². The highest BCUT2D eigenvalue weighted by Gasteiger charge is 2.40. The van der Waals surface area contributed by atoms with Gasteiger partial charge in [0, 0.05) is 12.8 Å². The van der Waals surface area contributed by atoms with Crippen molar-refractivity contribution in [3.8, 4) is 0 Å². The molecule has 4 amide bonds. The Labute approximate surface area is 190 Å². The monoisotopic (exact) mass is 452 g/mol. The maximum Gasteiger partial charge on any atom is 0.342 e. The van der Waals surface area contributed by atoms with Crippen LogP contribution in [0.4, 0.5) is 16.2 Å². The van der Waals surface area contributed by atoms with E-state index in [1.807, 2.05) is 13.8 Å². The maximum atomic E-state index is 12.6. The minimum absolute atomic E-state index is 0.262. The number of carbonyl (C=O) groups is 5. The van der Waals surface area contributed by atoms with Crippen LogP contribution in [0.2, 0.25) is 0 Å². The maximum absolute atomic E-state index is 12.6. The van der Waals surface area contributed by atoms with Crippen molar-refractivity contribution in [2.24, 2.45) is 0 Å². The van der Waals surface area contributed by atoms with Crippen molar-refractivity contribution >= 4 is 41.2 Å². The first kappa shape index (κ1) is 23.6. The Bertz CT molecular complexity index is 971. The third-order valence-corrected chi connectivity index (χ3v) is 5.18. The van der Waals surface area contributed by atoms with Gasteiger partial charge in [0.15, 0.2) is 0 Å². The topological polar surface area (TPSA) is 110 Å². The van der Waals surface area contributed by atoms with E-state index in [1.54, 1.807) is 60.7 Å². The van der Waals surface area contributed by atoms with Crippen molar-refractivity contribution in [2.45, 2.75) is 45.3 Å². The lowest BCUT2D eigenvalue weighted by atomic mass is 10.1. The second-order valence-electron chi connectivity index (χ2n) is 7.33. The first-order valence-corrected chi connectivity index (χ1v) is 10.5. The van der Waals surface area contributed by atoms with Gasteiger partial charge in [-0.05, 0) is 24.3 Å². The highest BCUT2D eigenvalue weighted by Crippen LogP contribution is 2.27. The SMILES string of the molecule is CCC1(CC)OC(=O)CC(=O)O1.O=C1CC(=O)N(c2ccccc2)C(=O)N1c1ccccc1. The van der Waals surface area contributed by atoms with Gasteiger partial charge in [0.1, 0.15) is 12.8 Å². The van der Waals surface area contributed by atoms with Crippen LogP contribution in [0.5, 0.6) is 0 Å². The fourth-order valence-corrected chi connectivity index (χ4v) is 3.43. The smallest absolute Gasteiger partial charge is 0.342 e. The van der Waals surface area contributed by atoms with Crippen LogP contribution < -0.4 is 9.80 Å². The summed E-state index contributed by atoms with van der Waals surface area (Å²) in [5, 5.41) is 0. The lowest BCUT2D eigenvalue weighted by Gasteiger charge is -2.33. The number of amides is 4. The van der Waals surface area contributed by atoms with Gasteiger partial charge in [-0.3, -0.25) is 19.2 Å². The first-order chi connectivity index (χ1) is 15.8. The molecular weight excluding hydrogens is 428 g/mol. The van der Waals surface area contributed by atoms with Crippen LogP contribution in [0.3, 0.4) is 0 Å². The Morgan fingerprint density at radius 3 is 1.42 bits per heavy atom. The summed E-state index contributed by atoms with van der Waals surface area (Å²) in [7, 11) is 0. The van der Waals surface area contributed by atoms with Gasteiger partial charge < -0.3 is 9.47 Å². The van der Waals surface area contributed by atoms with Crippen molar-refractivity contribution in [3.05, 3.63) is 60.7 Å². The van der Waals surface area contributed by atoms with E-state index in [0.717, 1.165) is 9.80 Å². The zero-order valence-corrected chi connectivity index (χ0v) is 18.4. The van der Waals surface area contributed by atoms with Crippen molar-refractivity contribution in [3.63, 3.8) is 0 Å². The molecule has 4 rings (SSSR count). The zero-order chi connectivity index (χ0) is 24.0. The summed E-state index contributed by atoms with van der Waals surface area (Å²) in [5.41, 5.74) is 0.918. The van der Waals surface area contributed by atoms with Crippen molar-refractivity contribution in [1.29, 1.82) is 0 Å². The number of ether oxygens (including phenoxy) is 2. The van der Waals surface area contributed by atoms with Crippen molar-refractivity contribution in [1.82, 2.24) is 0 Å². The molecule has 0 aromatic heterocycles. The number of esters is 2. The van der Waals surface area contributed by atoms with Gasteiger partial charge in [-0.15, -0.1) is 0 Å². The molecular formula is C24H24N2O7. The Kier molecular flexibility index (Phi) is 7.22. The number of benzene rings is 2. The van der Waals surface area contributed by atoms with Gasteiger partial charge in [-0.25, -0.2) is 14.6 Å². The molecule has 0 N–H and O–H groups in total. The first-order valence-electron chi connectivity index (χ1n) is 10.5. The molecule has 2 aliphatic rings. The molecule has 172 valence electrons. The Hall–Kier alpha value is -4.01. The van der Waals surface area contributed by atoms with Crippen LogP contribution in [0.25, 0.3) is 0 Å². The van der Waals surface area contributed by atoms with E-state index in [9.17, 15) is 24.0 Å². The number of hydrogen-bond donors (Lipinski definition) is 0. The molecule has 2 heterocycles. The summed E-state index contributed by atoms with van der Waals surface area (Å²) in [5.74, 6) is -3.00. The van der Waals surface area contributed by atoms with E-state index in [2.05, 4.69) is 0 Å². The molecule has 0 bridgehead atoms. The lowest BCUT2D eigenvalue weighted by molar-refractivity contribution is -0.245. The minimum Gasteiger partial charge on any atom is -0.422 e. The van der Waals surface area contributed by atoms with Crippen LogP contribution >= 0.6 is 0 Å². The fraction of sp³-hybridized carbons (Fsp3) is 0.292. The van der Waals surface area contributed by atoms with E-state index in [0.29, 0.717) is 24.2 Å². The number of carbonyl (C=O) groups excluding carboxylic acids is 5. The molecule has 0 spiro atoms. The normalized spacial score (nSPS) is 17.7. The van der Waals surface area contributed by atoms with Crippen LogP contribution in [0, 0.1) is 0 Å². The van der Waals surface area contributed by atoms with Crippen molar-refractivity contribution in [2.75, 3.05) is 9.80 Å². The zero-order valence-electron chi connectivity index (χ0n) is 18.4. The fourth-order valence-electron chi connectivity index (χ4n) is 3.43. The van der Waals surface area contributed by atoms with Gasteiger partial charge in [0.25, 0.3) is 5.79 Å². The van der Waals surface area contributed by atoms with E-state index in [-0.39, 0.29) is 12.8 Å². The molecule has 9 nitrogen and oxygen atoms in total. The highest BCUT2D eigenvalue weighted by molar-refractivity contribution is 6.35. The van der Waals surface area contributed by atoms with Crippen LogP contribution in [0.1, 0.15) is 39.5 Å². The minimum atomic E-state index is -0.994. The number of barbiturate groups is 1. The summed E-state index contributed by atoms with van der Waals surface area (Å²) >= 11 is 0. The second-order valence-corrected chi connectivity index (χ2v) is 7.33. The molecule has 33 heavy (non-hydrogen) atoms. The standard InChI is InChI=1S/C16H12N2O3.C8H12O4/c19-14-11-15(20)18(13-9-5-2-6-10-13)16(21)17(14)12-7-3-1-4-8-12;1-3-8(4-2)11-6(9)5-7(10)12-8/h1-10H,11H2;3-5H2,1-2H3. The number of para-hydroxylation sites is 2. The molecule has 2 saturated heterocycles. The second kappa shape index (κ2) is 10.1. The molecule has 2 aliphatic heterocycles. The van der Waals surface area contributed by atoms with Crippen LogP contribution in [0.15, 0.2) is 60.7 Å². The summed E-state index contributed by atoms with van der Waals surface area (Å²) < 4.78 is 9.92. The van der Waals surface area contributed by atoms with E-state index >= 15 is 0 Å². The van der Waals surface area contributed by atoms with Gasteiger partial charge in [0.05, 0.1) is 11.4 Å². The molecule has 0 aliphatic carbocycles. The predicted molar refractivity (Wildman–Crippen MR) is 118 cm³/mol. The summed E-state index contributed by atoms with van der Waals surface area (Å²) in [6, 6.07) is 16.5. The molecule has 0 atom stereocenters. The Balaban J connectivity index is 0.000000218. The molecule has 2 fully saturated rings. The highest BCUT2D eigenvalue weighted by atomic mass is 16.7. The Morgan fingerprint density at radius 2 is 1.06 bits per heavy atom. The van der Waals surface area contributed by atoms with E-state index in [1.165, 1.54) is 0 Å². The van der Waals surface area contributed by atoms with Gasteiger partial charge in [-0.2, -0.15) is 0 Å². The van der Waals surface area contributed by atoms with Crippen molar-refractivity contribution < 1.29 is 33.4 Å². The molecule has 0 radical (unpaired) electrons. The Morgan fingerprint density at radius 1 is 0.667 bits per heavy atom. The summed E-state index contributed by atoms with van der Waals surface area (Å²) in [4.78, 5) is 60.5. The number of imide groups is 2. The lowest BCUT2D eigenvalue weighted by Crippen LogP contribution is -2.55. The van der Waals surface area contributed by atoms with E-state index < -0.39 is 35.6 Å². The number of nitrogens with zero attached hydrogens (tertiary/aromatic N) is 2. The quantitative estimate of drug-likeness (QED) is 0.515. The third kappa shape index (κ3) is 5.25. The number of anilines is 2. The molecule has 2 aromatic rings. The largest absolute Gasteiger partial charge is 0.422 e. The molecule has 0 unspecified atom stereocenters. The number of cyclic esters (lactones) is 2. The summed E-state index contributed by atoms with van der Waals surface area (Å²) in [6.07, 6.45) is 0.416. The average molecular weight is 452 g/mol. The third-order valence-electron chi connectivity index (χ3n) is 5.18. The number of rotatable bonds is 4. The molecule has 9 heteroatoms. The van der Waals surface area contributed by atoms with E-state index in [4.69, 9.17) is 9.47 Å². The number of hydrogen-bond acceptors (Lipinski definition) is 7. The average Bonchev–Trinajstić information content (AvgIpc) is 2.80. The van der Waals surface area contributed by atoms with Crippen LogP contribution in [-0.4, -0.2) is 35.6 Å². The number of urea groups is 1.